The molecule has 0 radical (unpaired) electrons. The van der Waals surface area contributed by atoms with E-state index in [0.717, 1.165) is 22.8 Å². The van der Waals surface area contributed by atoms with Crippen LogP contribution >= 0.6 is 12.2 Å². The van der Waals surface area contributed by atoms with Crippen molar-refractivity contribution in [1.82, 2.24) is 19.9 Å². The summed E-state index contributed by atoms with van der Waals surface area (Å²) in [5, 5.41) is 4.04. The lowest BCUT2D eigenvalue weighted by Gasteiger charge is -2.29. The number of rotatable bonds is 5. The average molecular weight is 444 g/mol. The number of nitrogens with one attached hydrogen (secondary N) is 1. The Bertz CT molecular complexity index is 1240. The van der Waals surface area contributed by atoms with Crippen molar-refractivity contribution in [2.45, 2.75) is 25.6 Å². The summed E-state index contributed by atoms with van der Waals surface area (Å²) in [6, 6.07) is 20.7. The zero-order chi connectivity index (χ0) is 22.1. The van der Waals surface area contributed by atoms with Gasteiger partial charge in [-0.15, -0.1) is 0 Å². The predicted molar refractivity (Wildman–Crippen MR) is 127 cm³/mol. The zero-order valence-electron chi connectivity index (χ0n) is 17.5. The standard InChI is InChI=1S/C25H22FN5S/c1-17-15-19(10-11-20(17)26)31-24(23(29-25(31)32)21-8-3-5-13-28-21)22-9-6-14-30(22)16-18-7-2-4-12-27-18/h2-15,23-24H,16H2,1H3,(H,29,32)/t23-,24+/m1/s1. The van der Waals surface area contributed by atoms with Crippen LogP contribution in [-0.4, -0.2) is 19.6 Å². The molecule has 1 aromatic carbocycles. The number of hydrogen-bond donors (Lipinski definition) is 1. The quantitative estimate of drug-likeness (QED) is 0.442. The van der Waals surface area contributed by atoms with Crippen molar-refractivity contribution >= 4 is 23.0 Å². The van der Waals surface area contributed by atoms with Gasteiger partial charge < -0.3 is 14.8 Å². The van der Waals surface area contributed by atoms with Crippen molar-refractivity contribution in [3.8, 4) is 0 Å². The highest BCUT2D eigenvalue weighted by molar-refractivity contribution is 7.80. The lowest BCUT2D eigenvalue weighted by molar-refractivity contribution is 0.531. The molecule has 1 N–H and O–H groups in total. The maximum Gasteiger partial charge on any atom is 0.174 e. The van der Waals surface area contributed by atoms with Gasteiger partial charge >= 0.3 is 0 Å². The van der Waals surface area contributed by atoms with Crippen LogP contribution in [0.2, 0.25) is 0 Å². The molecule has 0 aliphatic carbocycles. The summed E-state index contributed by atoms with van der Waals surface area (Å²) in [6.07, 6.45) is 5.64. The Kier molecular flexibility index (Phi) is 5.41. The summed E-state index contributed by atoms with van der Waals surface area (Å²) in [7, 11) is 0. The van der Waals surface area contributed by atoms with E-state index >= 15 is 0 Å². The predicted octanol–water partition coefficient (Wildman–Crippen LogP) is 4.95. The van der Waals surface area contributed by atoms with Crippen molar-refractivity contribution in [3.05, 3.63) is 114 Å². The summed E-state index contributed by atoms with van der Waals surface area (Å²) in [6.45, 7) is 2.40. The molecule has 0 saturated carbocycles. The van der Waals surface area contributed by atoms with Gasteiger partial charge in [-0.1, -0.05) is 12.1 Å². The van der Waals surface area contributed by atoms with Crippen LogP contribution in [0.4, 0.5) is 10.1 Å². The van der Waals surface area contributed by atoms with E-state index in [9.17, 15) is 4.39 Å². The van der Waals surface area contributed by atoms with Gasteiger partial charge in [-0.05, 0) is 79.3 Å². The highest BCUT2D eigenvalue weighted by Gasteiger charge is 2.42. The van der Waals surface area contributed by atoms with Crippen molar-refractivity contribution < 1.29 is 4.39 Å². The molecule has 1 aliphatic rings. The summed E-state index contributed by atoms with van der Waals surface area (Å²) in [4.78, 5) is 11.1. The fraction of sp³-hybridized carbons (Fsp3) is 0.160. The van der Waals surface area contributed by atoms with Gasteiger partial charge in [0, 0.05) is 30.0 Å². The number of anilines is 1. The SMILES string of the molecule is Cc1cc(N2C(=S)N[C@H](c3ccccn3)[C@@H]2c2cccn2Cc2ccccn2)ccc1F. The van der Waals surface area contributed by atoms with Gasteiger partial charge in [0.15, 0.2) is 5.11 Å². The van der Waals surface area contributed by atoms with E-state index in [1.54, 1.807) is 25.4 Å². The van der Waals surface area contributed by atoms with E-state index in [2.05, 4.69) is 37.0 Å². The van der Waals surface area contributed by atoms with Crippen molar-refractivity contribution in [1.29, 1.82) is 0 Å². The largest absolute Gasteiger partial charge is 0.351 e. The number of thiocarbonyl (C=S) groups is 1. The first kappa shape index (κ1) is 20.3. The van der Waals surface area contributed by atoms with Gasteiger partial charge in [0.05, 0.1) is 24.0 Å². The van der Waals surface area contributed by atoms with Crippen molar-refractivity contribution in [2.75, 3.05) is 4.90 Å². The van der Waals surface area contributed by atoms with Gasteiger partial charge in [0.2, 0.25) is 0 Å². The van der Waals surface area contributed by atoms with E-state index in [4.69, 9.17) is 12.2 Å². The third-order valence-corrected chi connectivity index (χ3v) is 6.06. The molecule has 0 amide bonds. The molecular weight excluding hydrogens is 421 g/mol. The highest BCUT2D eigenvalue weighted by Crippen LogP contribution is 2.42. The smallest absolute Gasteiger partial charge is 0.174 e. The van der Waals surface area contributed by atoms with Crippen LogP contribution in [0, 0.1) is 12.7 Å². The monoisotopic (exact) mass is 443 g/mol. The number of pyridine rings is 2. The molecule has 1 saturated heterocycles. The first-order chi connectivity index (χ1) is 15.6. The van der Waals surface area contributed by atoms with Crippen LogP contribution in [0.5, 0.6) is 0 Å². The first-order valence-electron chi connectivity index (χ1n) is 10.4. The first-order valence-corrected chi connectivity index (χ1v) is 10.8. The Morgan fingerprint density at radius 3 is 2.53 bits per heavy atom. The van der Waals surface area contributed by atoms with Crippen molar-refractivity contribution in [2.24, 2.45) is 0 Å². The summed E-state index contributed by atoms with van der Waals surface area (Å²) in [5.74, 6) is -0.233. The van der Waals surface area contributed by atoms with Gasteiger partial charge in [-0.3, -0.25) is 9.97 Å². The maximum absolute atomic E-state index is 14.0. The molecule has 1 fully saturated rings. The fourth-order valence-electron chi connectivity index (χ4n) is 4.22. The van der Waals surface area contributed by atoms with Gasteiger partial charge in [0.1, 0.15) is 11.9 Å². The van der Waals surface area contributed by atoms with Crippen LogP contribution in [0.15, 0.2) is 85.3 Å². The van der Waals surface area contributed by atoms with Crippen LogP contribution in [0.1, 0.15) is 34.7 Å². The minimum Gasteiger partial charge on any atom is -0.351 e. The molecule has 5 nitrogen and oxygen atoms in total. The number of benzene rings is 1. The summed E-state index contributed by atoms with van der Waals surface area (Å²) < 4.78 is 16.2. The molecule has 2 atom stereocenters. The van der Waals surface area contributed by atoms with E-state index in [0.29, 0.717) is 17.2 Å². The molecule has 0 spiro atoms. The van der Waals surface area contributed by atoms with Crippen LogP contribution in [0.3, 0.4) is 0 Å². The zero-order valence-corrected chi connectivity index (χ0v) is 18.3. The molecule has 160 valence electrons. The van der Waals surface area contributed by atoms with E-state index < -0.39 is 0 Å². The Morgan fingerprint density at radius 2 is 1.81 bits per heavy atom. The molecule has 4 heterocycles. The highest BCUT2D eigenvalue weighted by atomic mass is 32.1. The van der Waals surface area contributed by atoms with Crippen LogP contribution in [0.25, 0.3) is 0 Å². The molecule has 4 aromatic rings. The molecule has 32 heavy (non-hydrogen) atoms. The Labute approximate surface area is 191 Å². The maximum atomic E-state index is 14.0. The Balaban J connectivity index is 1.61. The molecule has 7 heteroatoms. The Hall–Kier alpha value is -3.58. The Morgan fingerprint density at radius 1 is 1.00 bits per heavy atom. The lowest BCUT2D eigenvalue weighted by atomic mass is 10.0. The van der Waals surface area contributed by atoms with Crippen LogP contribution in [-0.2, 0) is 6.54 Å². The van der Waals surface area contributed by atoms with Crippen molar-refractivity contribution in [3.63, 3.8) is 0 Å². The second-order valence-corrected chi connectivity index (χ2v) is 8.20. The molecule has 0 bridgehead atoms. The van der Waals surface area contributed by atoms with E-state index in [1.165, 1.54) is 6.07 Å². The molecule has 3 aromatic heterocycles. The number of aromatic nitrogens is 3. The minimum atomic E-state index is -0.233. The number of nitrogens with zero attached hydrogens (tertiary/aromatic N) is 4. The third-order valence-electron chi connectivity index (χ3n) is 5.74. The normalized spacial score (nSPS) is 18.1. The molecule has 5 rings (SSSR count). The number of hydrogen-bond acceptors (Lipinski definition) is 3. The third kappa shape index (κ3) is 3.76. The fourth-order valence-corrected chi connectivity index (χ4v) is 4.56. The summed E-state index contributed by atoms with van der Waals surface area (Å²) in [5.41, 5.74) is 4.36. The van der Waals surface area contributed by atoms with E-state index in [1.807, 2.05) is 48.5 Å². The second-order valence-electron chi connectivity index (χ2n) is 7.81. The summed E-state index contributed by atoms with van der Waals surface area (Å²) >= 11 is 5.77. The minimum absolute atomic E-state index is 0.161. The molecule has 1 aliphatic heterocycles. The van der Waals surface area contributed by atoms with Gasteiger partial charge in [-0.25, -0.2) is 4.39 Å². The van der Waals surface area contributed by atoms with Gasteiger partial charge in [0.25, 0.3) is 0 Å². The average Bonchev–Trinajstić information content (AvgIpc) is 3.40. The number of aryl methyl sites for hydroxylation is 1. The van der Waals surface area contributed by atoms with Crippen LogP contribution < -0.4 is 10.2 Å². The second kappa shape index (κ2) is 8.51. The molecule has 0 unspecified atom stereocenters. The van der Waals surface area contributed by atoms with E-state index in [-0.39, 0.29) is 17.9 Å². The van der Waals surface area contributed by atoms with Gasteiger partial charge in [-0.2, -0.15) is 0 Å². The number of halogens is 1. The topological polar surface area (TPSA) is 46.0 Å². The molecular formula is C25H22FN5S. The lowest BCUT2D eigenvalue weighted by Crippen LogP contribution is -2.30.